The third kappa shape index (κ3) is 2.94. The van der Waals surface area contributed by atoms with E-state index in [4.69, 9.17) is 9.47 Å². The zero-order valence-electron chi connectivity index (χ0n) is 13.7. The maximum atomic E-state index is 11.5. The first-order valence-corrected chi connectivity index (χ1v) is 8.00. The molecule has 8 nitrogen and oxygen atoms in total. The van der Waals surface area contributed by atoms with Crippen LogP contribution in [0.1, 0.15) is 49.2 Å². The minimum atomic E-state index is -1.12. The maximum absolute atomic E-state index is 11.5. The van der Waals surface area contributed by atoms with Crippen LogP contribution in [0.25, 0.3) is 5.78 Å². The van der Waals surface area contributed by atoms with E-state index in [1.807, 2.05) is 0 Å². The number of aromatic nitrogens is 3. The van der Waals surface area contributed by atoms with E-state index in [-0.39, 0.29) is 24.2 Å². The highest BCUT2D eigenvalue weighted by molar-refractivity contribution is 5.90. The monoisotopic (exact) mass is 335 g/mol. The molecule has 0 unspecified atom stereocenters. The maximum Gasteiger partial charge on any atom is 0.342 e. The molecule has 0 bridgehead atoms. The molecule has 3 rings (SSSR count). The Morgan fingerprint density at radius 1 is 1.42 bits per heavy atom. The molecule has 0 aliphatic carbocycles. The molecule has 1 aliphatic rings. The lowest BCUT2D eigenvalue weighted by atomic mass is 9.92. The predicted octanol–water partition coefficient (Wildman–Crippen LogP) is 1.60. The van der Waals surface area contributed by atoms with E-state index in [1.54, 1.807) is 20.0 Å². The molecule has 0 radical (unpaired) electrons. The van der Waals surface area contributed by atoms with Crippen molar-refractivity contribution in [3.8, 4) is 5.88 Å². The van der Waals surface area contributed by atoms with Crippen molar-refractivity contribution in [2.75, 3.05) is 13.2 Å². The van der Waals surface area contributed by atoms with Crippen LogP contribution in [-0.2, 0) is 10.3 Å². The molecular formula is C16H21N3O5. The summed E-state index contributed by atoms with van der Waals surface area (Å²) < 4.78 is 12.8. The molecule has 1 aliphatic heterocycles. The Morgan fingerprint density at radius 2 is 2.21 bits per heavy atom. The number of hydrogen-bond donors (Lipinski definition) is 2. The molecule has 3 heterocycles. The summed E-state index contributed by atoms with van der Waals surface area (Å²) in [5, 5.41) is 19.2. The quantitative estimate of drug-likeness (QED) is 0.855. The summed E-state index contributed by atoms with van der Waals surface area (Å²) in [4.78, 5) is 20.1. The van der Waals surface area contributed by atoms with E-state index in [0.717, 1.165) is 12.8 Å². The highest BCUT2D eigenvalue weighted by atomic mass is 16.5. The second-order valence-corrected chi connectivity index (χ2v) is 6.22. The third-order valence-electron chi connectivity index (χ3n) is 4.07. The van der Waals surface area contributed by atoms with Crippen molar-refractivity contribution in [2.24, 2.45) is 0 Å². The fourth-order valence-corrected chi connectivity index (χ4v) is 2.85. The zero-order chi connectivity index (χ0) is 17.3. The molecule has 2 N–H and O–H groups in total. The molecule has 0 amide bonds. The van der Waals surface area contributed by atoms with Gasteiger partial charge in [0, 0.05) is 19.0 Å². The molecule has 1 saturated heterocycles. The summed E-state index contributed by atoms with van der Waals surface area (Å²) >= 11 is 0. The van der Waals surface area contributed by atoms with Crippen LogP contribution in [0.4, 0.5) is 0 Å². The van der Waals surface area contributed by atoms with E-state index in [0.29, 0.717) is 24.5 Å². The summed E-state index contributed by atoms with van der Waals surface area (Å²) in [5.74, 6) is -0.779. The van der Waals surface area contributed by atoms with Crippen LogP contribution < -0.4 is 4.74 Å². The van der Waals surface area contributed by atoms with Crippen molar-refractivity contribution in [1.29, 1.82) is 0 Å². The Kier molecular flexibility index (Phi) is 4.42. The SMILES string of the molecule is CC(C)Oc1nc2nc([C@]3(CO)CCCCO3)cn2cc1C(=O)O. The van der Waals surface area contributed by atoms with E-state index in [9.17, 15) is 15.0 Å². The van der Waals surface area contributed by atoms with Crippen LogP contribution in [0.3, 0.4) is 0 Å². The minimum absolute atomic E-state index is 0.0322. The van der Waals surface area contributed by atoms with Gasteiger partial charge in [-0.05, 0) is 33.1 Å². The molecule has 1 fully saturated rings. The average molecular weight is 335 g/mol. The summed E-state index contributed by atoms with van der Waals surface area (Å²) in [7, 11) is 0. The van der Waals surface area contributed by atoms with E-state index < -0.39 is 11.6 Å². The average Bonchev–Trinajstić information content (AvgIpc) is 2.97. The van der Waals surface area contributed by atoms with Crippen LogP contribution in [-0.4, -0.2) is 49.9 Å². The smallest absolute Gasteiger partial charge is 0.342 e. The van der Waals surface area contributed by atoms with Crippen molar-refractivity contribution < 1.29 is 24.5 Å². The molecule has 0 aromatic carbocycles. The van der Waals surface area contributed by atoms with Crippen molar-refractivity contribution in [2.45, 2.75) is 44.8 Å². The highest BCUT2D eigenvalue weighted by Crippen LogP contribution is 2.34. The van der Waals surface area contributed by atoms with Crippen molar-refractivity contribution >= 4 is 11.7 Å². The first kappa shape index (κ1) is 16.7. The predicted molar refractivity (Wildman–Crippen MR) is 84.3 cm³/mol. The number of ether oxygens (including phenoxy) is 2. The van der Waals surface area contributed by atoms with Crippen molar-refractivity contribution in [3.63, 3.8) is 0 Å². The van der Waals surface area contributed by atoms with Crippen molar-refractivity contribution in [3.05, 3.63) is 23.7 Å². The van der Waals surface area contributed by atoms with E-state index in [2.05, 4.69) is 9.97 Å². The first-order valence-electron chi connectivity index (χ1n) is 8.00. The normalized spacial score (nSPS) is 21.3. The molecule has 130 valence electrons. The van der Waals surface area contributed by atoms with Crippen LogP contribution in [0.5, 0.6) is 5.88 Å². The number of fused-ring (bicyclic) bond motifs is 1. The Balaban J connectivity index is 2.08. The topological polar surface area (TPSA) is 106 Å². The second kappa shape index (κ2) is 6.37. The van der Waals surface area contributed by atoms with Crippen LogP contribution in [0, 0.1) is 0 Å². The molecule has 1 atom stereocenters. The van der Waals surface area contributed by atoms with Gasteiger partial charge in [-0.15, -0.1) is 0 Å². The van der Waals surface area contributed by atoms with Crippen molar-refractivity contribution in [1.82, 2.24) is 14.4 Å². The Hall–Kier alpha value is -2.19. The van der Waals surface area contributed by atoms with Gasteiger partial charge in [-0.1, -0.05) is 0 Å². The van der Waals surface area contributed by atoms with Gasteiger partial charge in [0.1, 0.15) is 11.2 Å². The van der Waals surface area contributed by atoms with Gasteiger partial charge in [0.2, 0.25) is 11.7 Å². The number of carboxylic acid groups (broad SMARTS) is 1. The molecule has 24 heavy (non-hydrogen) atoms. The summed E-state index contributed by atoms with van der Waals surface area (Å²) in [6.45, 7) is 3.97. The Labute approximate surface area is 139 Å². The first-order chi connectivity index (χ1) is 11.4. The fraction of sp³-hybridized carbons (Fsp3) is 0.562. The van der Waals surface area contributed by atoms with Crippen LogP contribution in [0.2, 0.25) is 0 Å². The number of rotatable bonds is 5. The molecule has 0 spiro atoms. The lowest BCUT2D eigenvalue weighted by Crippen LogP contribution is -2.37. The molecule has 8 heteroatoms. The number of hydrogen-bond acceptors (Lipinski definition) is 6. The Morgan fingerprint density at radius 3 is 2.79 bits per heavy atom. The summed E-state index contributed by atoms with van der Waals surface area (Å²) in [6, 6.07) is 0. The van der Waals surface area contributed by atoms with Gasteiger partial charge in [-0.3, -0.25) is 4.40 Å². The van der Waals surface area contributed by atoms with Gasteiger partial charge in [0.05, 0.1) is 18.4 Å². The summed E-state index contributed by atoms with van der Waals surface area (Å²) in [6.07, 6.45) is 5.42. The molecule has 2 aromatic rings. The molecule has 0 saturated carbocycles. The second-order valence-electron chi connectivity index (χ2n) is 6.22. The standard InChI is InChI=1S/C16H21N3O5/c1-10(2)24-13-11(14(21)22)7-19-8-12(17-15(19)18-13)16(9-20)5-3-4-6-23-16/h7-8,10,20H,3-6,9H2,1-2H3,(H,21,22)/t16-/m1/s1. The minimum Gasteiger partial charge on any atom is -0.477 e. The van der Waals surface area contributed by atoms with Gasteiger partial charge < -0.3 is 19.7 Å². The number of aliphatic hydroxyl groups is 1. The number of carbonyl (C=O) groups is 1. The van der Waals surface area contributed by atoms with Gasteiger partial charge in [0.25, 0.3) is 0 Å². The van der Waals surface area contributed by atoms with Gasteiger partial charge in [0.15, 0.2) is 0 Å². The lowest BCUT2D eigenvalue weighted by molar-refractivity contribution is -0.116. The highest BCUT2D eigenvalue weighted by Gasteiger charge is 2.37. The number of imidazole rings is 1. The van der Waals surface area contributed by atoms with Crippen LogP contribution >= 0.6 is 0 Å². The molecule has 2 aromatic heterocycles. The van der Waals surface area contributed by atoms with Crippen LogP contribution in [0.15, 0.2) is 12.4 Å². The van der Waals surface area contributed by atoms with E-state index >= 15 is 0 Å². The number of carboxylic acids is 1. The van der Waals surface area contributed by atoms with E-state index in [1.165, 1.54) is 10.6 Å². The largest absolute Gasteiger partial charge is 0.477 e. The number of aliphatic hydroxyl groups excluding tert-OH is 1. The lowest BCUT2D eigenvalue weighted by Gasteiger charge is -2.34. The van der Waals surface area contributed by atoms with Gasteiger partial charge in [-0.25, -0.2) is 9.78 Å². The third-order valence-corrected chi connectivity index (χ3v) is 4.07. The molecular weight excluding hydrogens is 314 g/mol. The van der Waals surface area contributed by atoms with Gasteiger partial charge >= 0.3 is 5.97 Å². The van der Waals surface area contributed by atoms with Gasteiger partial charge in [-0.2, -0.15) is 4.98 Å². The zero-order valence-corrected chi connectivity index (χ0v) is 13.7. The number of nitrogens with zero attached hydrogens (tertiary/aromatic N) is 3. The Bertz CT molecular complexity index is 749. The fourth-order valence-electron chi connectivity index (χ4n) is 2.85. The summed E-state index contributed by atoms with van der Waals surface area (Å²) in [5.41, 5.74) is -0.341. The number of aromatic carboxylic acids is 1.